The second kappa shape index (κ2) is 10.6. The summed E-state index contributed by atoms with van der Waals surface area (Å²) in [6.45, 7) is 4.25. The summed E-state index contributed by atoms with van der Waals surface area (Å²) in [6.07, 6.45) is -5.84. The van der Waals surface area contributed by atoms with Crippen LogP contribution in [0.1, 0.15) is 32.6 Å². The fraction of sp³-hybridized carbons (Fsp3) is 0.591. The molecule has 36 heavy (non-hydrogen) atoms. The van der Waals surface area contributed by atoms with E-state index < -0.39 is 55.0 Å². The lowest BCUT2D eigenvalue weighted by molar-refractivity contribution is -0.176. The minimum absolute atomic E-state index is 0.0527. The largest absolute Gasteiger partial charge is 0.511 e. The van der Waals surface area contributed by atoms with Crippen molar-refractivity contribution in [3.8, 4) is 6.07 Å². The number of rotatable bonds is 8. The molecule has 0 aliphatic carbocycles. The highest BCUT2D eigenvalue weighted by molar-refractivity contribution is 5.76. The molecule has 14 nitrogen and oxygen atoms in total. The number of nitrogens with two attached hydrogens (primary N) is 1. The van der Waals surface area contributed by atoms with Gasteiger partial charge in [-0.2, -0.15) is 10.4 Å². The Morgan fingerprint density at radius 3 is 2.61 bits per heavy atom. The van der Waals surface area contributed by atoms with Gasteiger partial charge in [0.05, 0.1) is 5.69 Å². The molecule has 3 heterocycles. The first-order valence-electron chi connectivity index (χ1n) is 11.2. The third kappa shape index (κ3) is 5.19. The van der Waals surface area contributed by atoms with Gasteiger partial charge in [-0.05, 0) is 32.1 Å². The third-order valence-electron chi connectivity index (χ3n) is 5.82. The maximum Gasteiger partial charge on any atom is 0.511 e. The molecule has 1 aliphatic rings. The van der Waals surface area contributed by atoms with Gasteiger partial charge in [0.1, 0.15) is 48.9 Å². The maximum atomic E-state index is 12.4. The van der Waals surface area contributed by atoms with E-state index in [9.17, 15) is 25.1 Å². The molecule has 1 fully saturated rings. The summed E-state index contributed by atoms with van der Waals surface area (Å²) in [5.74, 6) is -0.460. The molecule has 0 radical (unpaired) electrons. The van der Waals surface area contributed by atoms with Crippen LogP contribution in [0.15, 0.2) is 18.5 Å². The Hall–Kier alpha value is -3.51. The Morgan fingerprint density at radius 1 is 1.31 bits per heavy atom. The summed E-state index contributed by atoms with van der Waals surface area (Å²) < 4.78 is 22.2. The van der Waals surface area contributed by atoms with Crippen LogP contribution >= 0.6 is 0 Å². The standard InChI is InChI=1S/C22H30N6O8/c1-11(2)15(27(4)5)20(31)34-12(3)35-21(32)33-9-22(8-23)18(30)16(29)17(36-22)13-6-7-14-19(24)25-10-26-28(13)14/h6-7,10-12,15-18,29-30H,9H2,1-5H3,(H2,24,25,26)/t12?,15-,16-,17-,18-,22+/m0/s1. The fourth-order valence-corrected chi connectivity index (χ4v) is 4.15. The van der Waals surface area contributed by atoms with Crippen molar-refractivity contribution in [3.05, 3.63) is 24.2 Å². The van der Waals surface area contributed by atoms with Crippen molar-refractivity contribution in [2.45, 2.75) is 57.0 Å². The number of aliphatic hydroxyl groups excluding tert-OH is 2. The summed E-state index contributed by atoms with van der Waals surface area (Å²) in [7, 11) is 3.45. The van der Waals surface area contributed by atoms with Crippen molar-refractivity contribution in [2.75, 3.05) is 26.4 Å². The van der Waals surface area contributed by atoms with Crippen molar-refractivity contribution in [1.29, 1.82) is 5.26 Å². The first-order valence-corrected chi connectivity index (χ1v) is 11.2. The van der Waals surface area contributed by atoms with Gasteiger partial charge in [-0.25, -0.2) is 14.3 Å². The number of hydrogen-bond acceptors (Lipinski definition) is 13. The van der Waals surface area contributed by atoms with Crippen molar-refractivity contribution >= 4 is 23.5 Å². The third-order valence-corrected chi connectivity index (χ3v) is 5.82. The summed E-state index contributed by atoms with van der Waals surface area (Å²) in [4.78, 5) is 30.2. The average molecular weight is 507 g/mol. The Bertz CT molecular complexity index is 1140. The van der Waals surface area contributed by atoms with E-state index in [0.29, 0.717) is 11.2 Å². The molecule has 4 N–H and O–H groups in total. The number of hydrogen-bond donors (Lipinski definition) is 3. The molecular formula is C22H30N6O8. The number of nitrogens with zero attached hydrogens (tertiary/aromatic N) is 5. The Kier molecular flexibility index (Phi) is 7.99. The van der Waals surface area contributed by atoms with E-state index in [4.69, 9.17) is 24.7 Å². The molecule has 1 saturated heterocycles. The maximum absolute atomic E-state index is 12.4. The molecule has 1 unspecified atom stereocenters. The molecule has 14 heteroatoms. The zero-order chi connectivity index (χ0) is 26.8. The number of aromatic nitrogens is 3. The van der Waals surface area contributed by atoms with Gasteiger partial charge < -0.3 is 34.9 Å². The molecule has 1 aliphatic heterocycles. The Labute approximate surface area is 207 Å². The molecule has 196 valence electrons. The van der Waals surface area contributed by atoms with Gasteiger partial charge in [0.25, 0.3) is 0 Å². The normalized spacial score (nSPS) is 25.5. The number of carbonyl (C=O) groups excluding carboxylic acids is 2. The summed E-state index contributed by atoms with van der Waals surface area (Å²) in [5.41, 5.74) is 4.44. The highest BCUT2D eigenvalue weighted by atomic mass is 16.8. The molecule has 0 amide bonds. The summed E-state index contributed by atoms with van der Waals surface area (Å²) in [5, 5.41) is 35.1. The average Bonchev–Trinajstić information content (AvgIpc) is 3.32. The number of esters is 1. The minimum atomic E-state index is -2.11. The zero-order valence-corrected chi connectivity index (χ0v) is 20.6. The first-order chi connectivity index (χ1) is 16.9. The monoisotopic (exact) mass is 506 g/mol. The first kappa shape index (κ1) is 27.1. The molecule has 6 atom stereocenters. The molecule has 0 spiro atoms. The van der Waals surface area contributed by atoms with Crippen molar-refractivity contribution in [3.63, 3.8) is 0 Å². The van der Waals surface area contributed by atoms with Crippen molar-refractivity contribution < 1.29 is 38.7 Å². The van der Waals surface area contributed by atoms with Crippen molar-refractivity contribution in [2.24, 2.45) is 5.92 Å². The highest BCUT2D eigenvalue weighted by Gasteiger charge is 2.57. The van der Waals surface area contributed by atoms with Crippen LogP contribution in [0.3, 0.4) is 0 Å². The Balaban J connectivity index is 1.65. The number of ether oxygens (including phenoxy) is 4. The summed E-state index contributed by atoms with van der Waals surface area (Å²) in [6, 6.07) is 4.36. The van der Waals surface area contributed by atoms with Gasteiger partial charge in [0, 0.05) is 6.92 Å². The second-order valence-electron chi connectivity index (χ2n) is 8.99. The molecule has 0 bridgehead atoms. The van der Waals surface area contributed by atoms with Crippen LogP contribution in [0.4, 0.5) is 10.6 Å². The number of carbonyl (C=O) groups is 2. The lowest BCUT2D eigenvalue weighted by Crippen LogP contribution is -2.46. The van der Waals surface area contributed by atoms with Gasteiger partial charge in [0.2, 0.25) is 11.9 Å². The molecule has 2 aromatic heterocycles. The number of fused-ring (bicyclic) bond motifs is 1. The van der Waals surface area contributed by atoms with E-state index in [1.54, 1.807) is 37.2 Å². The van der Waals surface area contributed by atoms with E-state index >= 15 is 0 Å². The molecule has 2 aromatic rings. The van der Waals surface area contributed by atoms with Crippen molar-refractivity contribution in [1.82, 2.24) is 19.5 Å². The number of nitriles is 1. The number of aliphatic hydroxyl groups is 2. The van der Waals surface area contributed by atoms with Crippen LogP contribution in [-0.2, 0) is 23.7 Å². The van der Waals surface area contributed by atoms with E-state index in [1.807, 2.05) is 13.8 Å². The van der Waals surface area contributed by atoms with Gasteiger partial charge in [0.15, 0.2) is 5.82 Å². The highest BCUT2D eigenvalue weighted by Crippen LogP contribution is 2.40. The van der Waals surface area contributed by atoms with Gasteiger partial charge >= 0.3 is 12.1 Å². The van der Waals surface area contributed by atoms with Crippen LogP contribution in [-0.4, -0.2) is 92.7 Å². The number of nitrogen functional groups attached to an aromatic ring is 1. The topological polar surface area (TPSA) is 195 Å². The number of likely N-dealkylation sites (N-methyl/N-ethyl adjacent to an activating group) is 1. The molecule has 3 rings (SSSR count). The van der Waals surface area contributed by atoms with Crippen LogP contribution in [0.25, 0.3) is 5.52 Å². The lowest BCUT2D eigenvalue weighted by atomic mass is 9.96. The van der Waals surface area contributed by atoms with Gasteiger partial charge in [-0.1, -0.05) is 13.8 Å². The SMILES string of the molecule is CC(OC(=O)OC[C@@]1(C#N)O[C@@H](c2ccc3c(N)ncnn23)[C@H](O)[C@@H]1O)OC(=O)[C@H](C(C)C)N(C)C. The predicted octanol–water partition coefficient (Wildman–Crippen LogP) is -0.00442. The van der Waals surface area contributed by atoms with Gasteiger partial charge in [-0.3, -0.25) is 9.69 Å². The van der Waals surface area contributed by atoms with E-state index in [1.165, 1.54) is 17.8 Å². The van der Waals surface area contributed by atoms with Gasteiger partial charge in [-0.15, -0.1) is 0 Å². The lowest BCUT2D eigenvalue weighted by Gasteiger charge is -2.27. The van der Waals surface area contributed by atoms with E-state index in [-0.39, 0.29) is 11.7 Å². The van der Waals surface area contributed by atoms with Crippen LogP contribution in [0.5, 0.6) is 0 Å². The summed E-state index contributed by atoms with van der Waals surface area (Å²) >= 11 is 0. The van der Waals surface area contributed by atoms with E-state index in [2.05, 4.69) is 10.1 Å². The zero-order valence-electron chi connectivity index (χ0n) is 20.6. The quantitative estimate of drug-likeness (QED) is 0.320. The number of anilines is 1. The molecule has 0 saturated carbocycles. The second-order valence-corrected chi connectivity index (χ2v) is 8.99. The smallest absolute Gasteiger partial charge is 0.430 e. The van der Waals surface area contributed by atoms with Crippen LogP contribution < -0.4 is 5.73 Å². The van der Waals surface area contributed by atoms with E-state index in [0.717, 1.165) is 0 Å². The molecule has 0 aromatic carbocycles. The van der Waals surface area contributed by atoms with Crippen LogP contribution in [0, 0.1) is 17.2 Å². The fourth-order valence-electron chi connectivity index (χ4n) is 4.15. The Morgan fingerprint density at radius 2 is 2.00 bits per heavy atom. The van der Waals surface area contributed by atoms with Crippen LogP contribution in [0.2, 0.25) is 0 Å². The molecular weight excluding hydrogens is 476 g/mol. The predicted molar refractivity (Wildman–Crippen MR) is 122 cm³/mol. The minimum Gasteiger partial charge on any atom is -0.430 e.